The molecule has 0 bridgehead atoms. The summed E-state index contributed by atoms with van der Waals surface area (Å²) in [4.78, 5) is 2.14. The Morgan fingerprint density at radius 3 is 2.80 bits per heavy atom. The summed E-state index contributed by atoms with van der Waals surface area (Å²) >= 11 is 7.62. The van der Waals surface area contributed by atoms with Crippen LogP contribution in [0.1, 0.15) is 18.4 Å². The van der Waals surface area contributed by atoms with E-state index in [9.17, 15) is 4.39 Å². The van der Waals surface area contributed by atoms with Crippen LogP contribution in [0.15, 0.2) is 52.3 Å². The van der Waals surface area contributed by atoms with Gasteiger partial charge in [0.2, 0.25) is 0 Å². The molecule has 0 spiro atoms. The standard InChI is InChI=1S/C16H15ClFNS/c17-12-2-1-3-15(9-12)20-16-7-4-13(18)8-11(16)10-19-14-5-6-14/h1-4,7-9,14,19H,5-6,10H2. The Labute approximate surface area is 127 Å². The Morgan fingerprint density at radius 1 is 1.20 bits per heavy atom. The summed E-state index contributed by atoms with van der Waals surface area (Å²) in [5, 5.41) is 4.15. The van der Waals surface area contributed by atoms with Crippen molar-refractivity contribution in [3.8, 4) is 0 Å². The van der Waals surface area contributed by atoms with Crippen LogP contribution < -0.4 is 5.32 Å². The number of benzene rings is 2. The fourth-order valence-corrected chi connectivity index (χ4v) is 3.22. The zero-order valence-electron chi connectivity index (χ0n) is 10.9. The van der Waals surface area contributed by atoms with Crippen LogP contribution in [0.25, 0.3) is 0 Å². The summed E-state index contributed by atoms with van der Waals surface area (Å²) in [5.74, 6) is -0.187. The number of halogens is 2. The first kappa shape index (κ1) is 13.9. The molecule has 4 heteroatoms. The maximum Gasteiger partial charge on any atom is 0.123 e. The van der Waals surface area contributed by atoms with Crippen molar-refractivity contribution < 1.29 is 4.39 Å². The van der Waals surface area contributed by atoms with Gasteiger partial charge >= 0.3 is 0 Å². The summed E-state index contributed by atoms with van der Waals surface area (Å²) in [5.41, 5.74) is 1.00. The highest BCUT2D eigenvalue weighted by molar-refractivity contribution is 7.99. The average Bonchev–Trinajstić information content (AvgIpc) is 3.23. The molecule has 3 rings (SSSR count). The van der Waals surface area contributed by atoms with Crippen molar-refractivity contribution in [2.75, 3.05) is 0 Å². The van der Waals surface area contributed by atoms with Crippen LogP contribution >= 0.6 is 23.4 Å². The third-order valence-corrected chi connectivity index (χ3v) is 4.55. The van der Waals surface area contributed by atoms with Crippen molar-refractivity contribution in [2.24, 2.45) is 0 Å². The van der Waals surface area contributed by atoms with Crippen molar-refractivity contribution >= 4 is 23.4 Å². The van der Waals surface area contributed by atoms with Crippen LogP contribution in [0, 0.1) is 5.82 Å². The van der Waals surface area contributed by atoms with E-state index in [4.69, 9.17) is 11.6 Å². The van der Waals surface area contributed by atoms with Crippen LogP contribution in [0.4, 0.5) is 4.39 Å². The van der Waals surface area contributed by atoms with Gasteiger partial charge in [0.05, 0.1) is 0 Å². The van der Waals surface area contributed by atoms with Crippen molar-refractivity contribution in [1.29, 1.82) is 0 Å². The lowest BCUT2D eigenvalue weighted by atomic mass is 10.2. The molecule has 0 heterocycles. The Hall–Kier alpha value is -1.03. The van der Waals surface area contributed by atoms with Gasteiger partial charge in [-0.25, -0.2) is 4.39 Å². The van der Waals surface area contributed by atoms with Crippen molar-refractivity contribution in [1.82, 2.24) is 5.32 Å². The Morgan fingerprint density at radius 2 is 2.05 bits per heavy atom. The third-order valence-electron chi connectivity index (χ3n) is 3.20. The molecule has 0 amide bonds. The van der Waals surface area contributed by atoms with Gasteiger partial charge in [-0.05, 0) is 54.8 Å². The summed E-state index contributed by atoms with van der Waals surface area (Å²) in [6, 6.07) is 13.3. The van der Waals surface area contributed by atoms with Gasteiger partial charge in [0, 0.05) is 27.4 Å². The van der Waals surface area contributed by atoms with Crippen molar-refractivity contribution in [3.05, 3.63) is 58.9 Å². The minimum Gasteiger partial charge on any atom is -0.310 e. The van der Waals surface area contributed by atoms with E-state index < -0.39 is 0 Å². The first-order valence-electron chi connectivity index (χ1n) is 6.66. The predicted octanol–water partition coefficient (Wildman–Crippen LogP) is 4.88. The summed E-state index contributed by atoms with van der Waals surface area (Å²) in [6.07, 6.45) is 2.46. The number of rotatable bonds is 5. The second kappa shape index (κ2) is 6.17. The molecular weight excluding hydrogens is 293 g/mol. The van der Waals surface area contributed by atoms with Gasteiger partial charge in [-0.1, -0.05) is 29.4 Å². The maximum atomic E-state index is 13.4. The summed E-state index contributed by atoms with van der Waals surface area (Å²) in [7, 11) is 0. The van der Waals surface area contributed by atoms with Gasteiger partial charge in [0.1, 0.15) is 5.82 Å². The Bertz CT molecular complexity index is 613. The van der Waals surface area contributed by atoms with Gasteiger partial charge < -0.3 is 5.32 Å². The van der Waals surface area contributed by atoms with Crippen LogP contribution in [0.3, 0.4) is 0 Å². The molecule has 1 nitrogen and oxygen atoms in total. The van der Waals surface area contributed by atoms with Crippen LogP contribution in [0.5, 0.6) is 0 Å². The van der Waals surface area contributed by atoms with E-state index in [2.05, 4.69) is 5.32 Å². The SMILES string of the molecule is Fc1ccc(Sc2cccc(Cl)c2)c(CNC2CC2)c1. The molecule has 104 valence electrons. The molecule has 0 atom stereocenters. The smallest absolute Gasteiger partial charge is 0.123 e. The molecule has 2 aromatic carbocycles. The molecule has 0 saturated heterocycles. The molecule has 0 radical (unpaired) electrons. The highest BCUT2D eigenvalue weighted by Crippen LogP contribution is 2.32. The molecule has 0 unspecified atom stereocenters. The lowest BCUT2D eigenvalue weighted by molar-refractivity contribution is 0.616. The largest absolute Gasteiger partial charge is 0.310 e. The average molecular weight is 308 g/mol. The second-order valence-corrected chi connectivity index (χ2v) is 6.52. The summed E-state index contributed by atoms with van der Waals surface area (Å²) < 4.78 is 13.4. The lowest BCUT2D eigenvalue weighted by Crippen LogP contribution is -2.15. The van der Waals surface area contributed by atoms with E-state index in [0.717, 1.165) is 20.4 Å². The monoisotopic (exact) mass is 307 g/mol. The van der Waals surface area contributed by atoms with Crippen molar-refractivity contribution in [2.45, 2.75) is 35.2 Å². The normalized spacial score (nSPS) is 14.5. The molecule has 0 aliphatic heterocycles. The minimum absolute atomic E-state index is 0.187. The van der Waals surface area contributed by atoms with E-state index in [1.165, 1.54) is 18.9 Å². The second-order valence-electron chi connectivity index (χ2n) is 4.97. The van der Waals surface area contributed by atoms with Gasteiger partial charge in [-0.2, -0.15) is 0 Å². The molecular formula is C16H15ClFNS. The van der Waals surface area contributed by atoms with Crippen LogP contribution in [-0.4, -0.2) is 6.04 Å². The van der Waals surface area contributed by atoms with Crippen LogP contribution in [-0.2, 0) is 6.54 Å². The van der Waals surface area contributed by atoms with Crippen LogP contribution in [0.2, 0.25) is 5.02 Å². The molecule has 20 heavy (non-hydrogen) atoms. The first-order valence-corrected chi connectivity index (χ1v) is 7.85. The van der Waals surface area contributed by atoms with E-state index in [-0.39, 0.29) is 5.82 Å². The number of hydrogen-bond donors (Lipinski definition) is 1. The third kappa shape index (κ3) is 3.75. The molecule has 1 N–H and O–H groups in total. The fraction of sp³-hybridized carbons (Fsp3) is 0.250. The van der Waals surface area contributed by atoms with E-state index in [1.807, 2.05) is 30.3 Å². The molecule has 1 saturated carbocycles. The molecule has 1 aliphatic carbocycles. The zero-order chi connectivity index (χ0) is 13.9. The molecule has 0 aromatic heterocycles. The highest BCUT2D eigenvalue weighted by Gasteiger charge is 2.20. The molecule has 2 aromatic rings. The maximum absolute atomic E-state index is 13.4. The lowest BCUT2D eigenvalue weighted by Gasteiger charge is -2.10. The number of hydrogen-bond acceptors (Lipinski definition) is 2. The quantitative estimate of drug-likeness (QED) is 0.844. The van der Waals surface area contributed by atoms with Gasteiger partial charge in [-0.3, -0.25) is 0 Å². The minimum atomic E-state index is -0.187. The Balaban J connectivity index is 1.79. The topological polar surface area (TPSA) is 12.0 Å². The van der Waals surface area contributed by atoms with E-state index in [1.54, 1.807) is 17.8 Å². The predicted molar refractivity (Wildman–Crippen MR) is 81.8 cm³/mol. The zero-order valence-corrected chi connectivity index (χ0v) is 12.5. The highest BCUT2D eigenvalue weighted by atomic mass is 35.5. The summed E-state index contributed by atoms with van der Waals surface area (Å²) in [6.45, 7) is 0.714. The van der Waals surface area contributed by atoms with E-state index >= 15 is 0 Å². The van der Waals surface area contributed by atoms with Gasteiger partial charge in [0.15, 0.2) is 0 Å². The van der Waals surface area contributed by atoms with E-state index in [0.29, 0.717) is 12.6 Å². The van der Waals surface area contributed by atoms with Gasteiger partial charge in [0.25, 0.3) is 0 Å². The molecule has 1 fully saturated rings. The first-order chi connectivity index (χ1) is 9.70. The number of nitrogens with one attached hydrogen (secondary N) is 1. The Kier molecular flexibility index (Phi) is 4.29. The van der Waals surface area contributed by atoms with Crippen molar-refractivity contribution in [3.63, 3.8) is 0 Å². The fourth-order valence-electron chi connectivity index (χ4n) is 1.98. The van der Waals surface area contributed by atoms with Gasteiger partial charge in [-0.15, -0.1) is 0 Å². The molecule has 1 aliphatic rings.